The van der Waals surface area contributed by atoms with Crippen LogP contribution in [0.1, 0.15) is 33.1 Å². The number of carboxylic acids is 1. The molecule has 66 valence electrons. The van der Waals surface area contributed by atoms with E-state index in [2.05, 4.69) is 0 Å². The Balaban J connectivity index is 3.99. The van der Waals surface area contributed by atoms with Crippen molar-refractivity contribution >= 4 is 5.97 Å². The lowest BCUT2D eigenvalue weighted by molar-refractivity contribution is -0.147. The molecule has 0 spiro atoms. The minimum absolute atomic E-state index is 0.225. The van der Waals surface area contributed by atoms with Crippen molar-refractivity contribution < 1.29 is 9.90 Å². The minimum atomic E-state index is -0.784. The van der Waals surface area contributed by atoms with Gasteiger partial charge in [-0.3, -0.25) is 4.79 Å². The first-order chi connectivity index (χ1) is 5.06. The molecule has 3 heteroatoms. The Labute approximate surface area is 67.6 Å². The van der Waals surface area contributed by atoms with Crippen molar-refractivity contribution in [3.05, 3.63) is 0 Å². The predicted octanol–water partition coefficient (Wildman–Crippen LogP) is 1.23. The highest BCUT2D eigenvalue weighted by Crippen LogP contribution is 2.22. The van der Waals surface area contributed by atoms with E-state index in [0.717, 1.165) is 12.8 Å². The summed E-state index contributed by atoms with van der Waals surface area (Å²) in [5.41, 5.74) is 4.66. The van der Waals surface area contributed by atoms with Gasteiger partial charge in [0.1, 0.15) is 0 Å². The van der Waals surface area contributed by atoms with Gasteiger partial charge in [0, 0.05) is 6.54 Å². The Morgan fingerprint density at radius 2 is 2.18 bits per heavy atom. The monoisotopic (exact) mass is 159 g/mol. The van der Waals surface area contributed by atoms with E-state index in [1.165, 1.54) is 0 Å². The summed E-state index contributed by atoms with van der Waals surface area (Å²) in [6.45, 7) is 3.96. The summed E-state index contributed by atoms with van der Waals surface area (Å²) in [5.74, 6) is -0.784. The molecule has 0 unspecified atom stereocenters. The molecule has 0 fully saturated rings. The third kappa shape index (κ3) is 2.89. The maximum Gasteiger partial charge on any atom is 0.310 e. The van der Waals surface area contributed by atoms with E-state index in [-0.39, 0.29) is 6.54 Å². The lowest BCUT2D eigenvalue weighted by atomic mass is 9.85. The molecule has 0 amide bonds. The van der Waals surface area contributed by atoms with E-state index >= 15 is 0 Å². The quantitative estimate of drug-likeness (QED) is 0.634. The number of carbonyl (C=O) groups is 1. The van der Waals surface area contributed by atoms with Crippen LogP contribution in [0.5, 0.6) is 0 Å². The summed E-state index contributed by atoms with van der Waals surface area (Å²) in [4.78, 5) is 10.7. The van der Waals surface area contributed by atoms with Gasteiger partial charge in [-0.25, -0.2) is 0 Å². The highest BCUT2D eigenvalue weighted by molar-refractivity contribution is 5.74. The molecule has 11 heavy (non-hydrogen) atoms. The van der Waals surface area contributed by atoms with Crippen molar-refractivity contribution in [2.75, 3.05) is 6.54 Å². The van der Waals surface area contributed by atoms with Crippen molar-refractivity contribution in [3.8, 4) is 0 Å². The summed E-state index contributed by atoms with van der Waals surface area (Å²) >= 11 is 0. The van der Waals surface area contributed by atoms with Crippen LogP contribution in [0.2, 0.25) is 0 Å². The van der Waals surface area contributed by atoms with Crippen LogP contribution >= 0.6 is 0 Å². The third-order valence-corrected chi connectivity index (χ3v) is 2.05. The Hall–Kier alpha value is -0.570. The fourth-order valence-electron chi connectivity index (χ4n) is 0.863. The van der Waals surface area contributed by atoms with Gasteiger partial charge in [0.15, 0.2) is 0 Å². The molecular weight excluding hydrogens is 142 g/mol. The van der Waals surface area contributed by atoms with Crippen molar-refractivity contribution in [1.82, 2.24) is 0 Å². The SMILES string of the molecule is CCCC[C@](C)(CN)C(=O)O. The maximum absolute atomic E-state index is 10.7. The largest absolute Gasteiger partial charge is 0.481 e. The second kappa shape index (κ2) is 4.34. The summed E-state index contributed by atoms with van der Waals surface area (Å²) in [6, 6.07) is 0. The summed E-state index contributed by atoms with van der Waals surface area (Å²) in [6.07, 6.45) is 2.62. The van der Waals surface area contributed by atoms with Crippen LogP contribution in [0.3, 0.4) is 0 Å². The number of carboxylic acid groups (broad SMARTS) is 1. The fraction of sp³-hybridized carbons (Fsp3) is 0.875. The van der Waals surface area contributed by atoms with Gasteiger partial charge in [0.05, 0.1) is 5.41 Å². The highest BCUT2D eigenvalue weighted by atomic mass is 16.4. The average Bonchev–Trinajstić information content (AvgIpc) is 2.00. The van der Waals surface area contributed by atoms with Crippen LogP contribution in [0.15, 0.2) is 0 Å². The zero-order valence-corrected chi connectivity index (χ0v) is 7.26. The zero-order chi connectivity index (χ0) is 8.91. The molecule has 0 aliphatic heterocycles. The van der Waals surface area contributed by atoms with Crippen molar-refractivity contribution in [3.63, 3.8) is 0 Å². The number of hydrogen-bond donors (Lipinski definition) is 2. The molecule has 3 N–H and O–H groups in total. The first-order valence-electron chi connectivity index (χ1n) is 4.00. The average molecular weight is 159 g/mol. The molecule has 0 aliphatic rings. The van der Waals surface area contributed by atoms with Crippen LogP contribution in [-0.4, -0.2) is 17.6 Å². The molecule has 0 saturated heterocycles. The smallest absolute Gasteiger partial charge is 0.310 e. The summed E-state index contributed by atoms with van der Waals surface area (Å²) in [7, 11) is 0. The van der Waals surface area contributed by atoms with Gasteiger partial charge in [-0.05, 0) is 13.3 Å². The zero-order valence-electron chi connectivity index (χ0n) is 7.26. The standard InChI is InChI=1S/C8H17NO2/c1-3-4-5-8(2,6-9)7(10)11/h3-6,9H2,1-2H3,(H,10,11)/t8-/m1/s1. The molecule has 0 aromatic heterocycles. The van der Waals surface area contributed by atoms with Gasteiger partial charge < -0.3 is 10.8 Å². The van der Waals surface area contributed by atoms with Gasteiger partial charge >= 0.3 is 5.97 Å². The van der Waals surface area contributed by atoms with Gasteiger partial charge in [-0.2, -0.15) is 0 Å². The second-order valence-electron chi connectivity index (χ2n) is 3.17. The summed E-state index contributed by atoms with van der Waals surface area (Å²) < 4.78 is 0. The summed E-state index contributed by atoms with van der Waals surface area (Å²) in [5, 5.41) is 8.78. The van der Waals surface area contributed by atoms with Crippen LogP contribution in [0.25, 0.3) is 0 Å². The van der Waals surface area contributed by atoms with Crippen molar-refractivity contribution in [2.24, 2.45) is 11.1 Å². The Kier molecular flexibility index (Phi) is 4.11. The highest BCUT2D eigenvalue weighted by Gasteiger charge is 2.30. The normalized spacial score (nSPS) is 15.9. The second-order valence-corrected chi connectivity index (χ2v) is 3.17. The molecule has 0 aliphatic carbocycles. The molecule has 0 bridgehead atoms. The van der Waals surface area contributed by atoms with Crippen LogP contribution in [0, 0.1) is 5.41 Å². The maximum atomic E-state index is 10.7. The third-order valence-electron chi connectivity index (χ3n) is 2.05. The lowest BCUT2D eigenvalue weighted by Crippen LogP contribution is -2.35. The molecule has 3 nitrogen and oxygen atoms in total. The van der Waals surface area contributed by atoms with Gasteiger partial charge in [0.25, 0.3) is 0 Å². The van der Waals surface area contributed by atoms with E-state index in [1.54, 1.807) is 6.92 Å². The number of aliphatic carboxylic acids is 1. The van der Waals surface area contributed by atoms with Crippen LogP contribution in [0.4, 0.5) is 0 Å². The van der Waals surface area contributed by atoms with E-state index in [1.807, 2.05) is 6.92 Å². The Morgan fingerprint density at radius 1 is 1.64 bits per heavy atom. The topological polar surface area (TPSA) is 63.3 Å². The number of unbranched alkanes of at least 4 members (excludes halogenated alkanes) is 1. The van der Waals surface area contributed by atoms with Crippen LogP contribution < -0.4 is 5.73 Å². The van der Waals surface area contributed by atoms with E-state index in [0.29, 0.717) is 6.42 Å². The molecule has 0 heterocycles. The molecule has 0 radical (unpaired) electrons. The number of nitrogens with two attached hydrogens (primary N) is 1. The molecule has 1 atom stereocenters. The van der Waals surface area contributed by atoms with Crippen LogP contribution in [-0.2, 0) is 4.79 Å². The minimum Gasteiger partial charge on any atom is -0.481 e. The van der Waals surface area contributed by atoms with Crippen molar-refractivity contribution in [1.29, 1.82) is 0 Å². The first kappa shape index (κ1) is 10.4. The number of hydrogen-bond acceptors (Lipinski definition) is 2. The molecule has 0 aromatic carbocycles. The Bertz CT molecular complexity index is 136. The Morgan fingerprint density at radius 3 is 2.45 bits per heavy atom. The van der Waals surface area contributed by atoms with Gasteiger partial charge in [-0.15, -0.1) is 0 Å². The fourth-order valence-corrected chi connectivity index (χ4v) is 0.863. The first-order valence-corrected chi connectivity index (χ1v) is 4.00. The molecule has 0 rings (SSSR count). The molecule has 0 aromatic rings. The van der Waals surface area contributed by atoms with Crippen molar-refractivity contribution in [2.45, 2.75) is 33.1 Å². The molecular formula is C8H17NO2. The van der Waals surface area contributed by atoms with E-state index in [4.69, 9.17) is 10.8 Å². The van der Waals surface area contributed by atoms with E-state index in [9.17, 15) is 4.79 Å². The lowest BCUT2D eigenvalue weighted by Gasteiger charge is -2.21. The van der Waals surface area contributed by atoms with Gasteiger partial charge in [-0.1, -0.05) is 19.8 Å². The number of rotatable bonds is 5. The predicted molar refractivity (Wildman–Crippen MR) is 44.3 cm³/mol. The molecule has 0 saturated carbocycles. The van der Waals surface area contributed by atoms with E-state index < -0.39 is 11.4 Å². The van der Waals surface area contributed by atoms with Gasteiger partial charge in [0.2, 0.25) is 0 Å².